The summed E-state index contributed by atoms with van der Waals surface area (Å²) in [6.45, 7) is 2.08. The fraction of sp³-hybridized carbons (Fsp3) is 0.100. The van der Waals surface area contributed by atoms with Crippen molar-refractivity contribution in [3.63, 3.8) is 0 Å². The van der Waals surface area contributed by atoms with Gasteiger partial charge in [0, 0.05) is 12.2 Å². The Kier molecular flexibility index (Phi) is 6.08. The standard InChI is InChI=1S/C20H18O4/c1-2-24-20(23)14-12-16-8-4-6-10-18(16)17-9-5-3-7-15(17)11-13-19(21)22/h3-14H,2H2,1H3,(H,21,22)/b13-11+,14-12+. The first kappa shape index (κ1) is 17.2. The van der Waals surface area contributed by atoms with E-state index in [0.717, 1.165) is 28.3 Å². The maximum atomic E-state index is 11.5. The highest BCUT2D eigenvalue weighted by Gasteiger charge is 2.07. The van der Waals surface area contributed by atoms with Gasteiger partial charge in [-0.15, -0.1) is 0 Å². The predicted octanol–water partition coefficient (Wildman–Crippen LogP) is 4.03. The fourth-order valence-corrected chi connectivity index (χ4v) is 2.28. The van der Waals surface area contributed by atoms with Crippen molar-refractivity contribution in [3.05, 3.63) is 71.8 Å². The van der Waals surface area contributed by atoms with E-state index in [0.29, 0.717) is 6.61 Å². The first-order valence-electron chi connectivity index (χ1n) is 7.56. The van der Waals surface area contributed by atoms with E-state index in [9.17, 15) is 9.59 Å². The van der Waals surface area contributed by atoms with Crippen LogP contribution in [0.4, 0.5) is 0 Å². The van der Waals surface area contributed by atoms with Crippen molar-refractivity contribution in [2.75, 3.05) is 6.61 Å². The lowest BCUT2D eigenvalue weighted by Gasteiger charge is -2.09. The smallest absolute Gasteiger partial charge is 0.330 e. The SMILES string of the molecule is CCOC(=O)/C=C/c1ccccc1-c1ccccc1/C=C/C(=O)O. The summed E-state index contributed by atoms with van der Waals surface area (Å²) in [5.41, 5.74) is 3.43. The molecule has 0 amide bonds. The molecule has 0 unspecified atom stereocenters. The summed E-state index contributed by atoms with van der Waals surface area (Å²) < 4.78 is 4.90. The molecule has 2 rings (SSSR count). The maximum absolute atomic E-state index is 11.5. The molecule has 2 aromatic rings. The number of carboxylic acids is 1. The molecule has 24 heavy (non-hydrogen) atoms. The van der Waals surface area contributed by atoms with Crippen molar-refractivity contribution < 1.29 is 19.4 Å². The van der Waals surface area contributed by atoms with Gasteiger partial charge < -0.3 is 9.84 Å². The van der Waals surface area contributed by atoms with E-state index in [1.165, 1.54) is 6.08 Å². The van der Waals surface area contributed by atoms with Gasteiger partial charge in [0.25, 0.3) is 0 Å². The predicted molar refractivity (Wildman–Crippen MR) is 94.2 cm³/mol. The van der Waals surface area contributed by atoms with Crippen LogP contribution in [0.5, 0.6) is 0 Å². The molecule has 4 nitrogen and oxygen atoms in total. The van der Waals surface area contributed by atoms with E-state index in [4.69, 9.17) is 9.84 Å². The molecule has 0 aliphatic heterocycles. The summed E-state index contributed by atoms with van der Waals surface area (Å²) in [7, 11) is 0. The minimum Gasteiger partial charge on any atom is -0.478 e. The van der Waals surface area contributed by atoms with Crippen LogP contribution in [0.2, 0.25) is 0 Å². The van der Waals surface area contributed by atoms with E-state index >= 15 is 0 Å². The lowest BCUT2D eigenvalue weighted by atomic mass is 9.95. The molecule has 0 aromatic heterocycles. The van der Waals surface area contributed by atoms with E-state index in [1.54, 1.807) is 19.1 Å². The number of ether oxygens (including phenoxy) is 1. The van der Waals surface area contributed by atoms with Crippen molar-refractivity contribution in [2.45, 2.75) is 6.92 Å². The topological polar surface area (TPSA) is 63.6 Å². The van der Waals surface area contributed by atoms with E-state index in [2.05, 4.69) is 0 Å². The molecular weight excluding hydrogens is 304 g/mol. The molecule has 0 radical (unpaired) electrons. The second-order valence-corrected chi connectivity index (χ2v) is 4.93. The van der Waals surface area contributed by atoms with Gasteiger partial charge in [0.1, 0.15) is 0 Å². The van der Waals surface area contributed by atoms with Crippen molar-refractivity contribution in [3.8, 4) is 11.1 Å². The van der Waals surface area contributed by atoms with Crippen LogP contribution >= 0.6 is 0 Å². The Hall–Kier alpha value is -3.14. The summed E-state index contributed by atoms with van der Waals surface area (Å²) in [6, 6.07) is 15.1. The van der Waals surface area contributed by atoms with Gasteiger partial charge in [-0.2, -0.15) is 0 Å². The Morgan fingerprint density at radius 1 is 0.917 bits per heavy atom. The van der Waals surface area contributed by atoms with Crippen molar-refractivity contribution in [1.29, 1.82) is 0 Å². The van der Waals surface area contributed by atoms with E-state index in [-0.39, 0.29) is 0 Å². The van der Waals surface area contributed by atoms with Gasteiger partial charge >= 0.3 is 11.9 Å². The van der Waals surface area contributed by atoms with Crippen LogP contribution in [0, 0.1) is 0 Å². The highest BCUT2D eigenvalue weighted by Crippen LogP contribution is 2.28. The number of hydrogen-bond acceptors (Lipinski definition) is 3. The minimum atomic E-state index is -1.000. The molecule has 0 heterocycles. The Balaban J connectivity index is 2.43. The number of hydrogen-bond donors (Lipinski definition) is 1. The molecule has 2 aromatic carbocycles. The first-order valence-corrected chi connectivity index (χ1v) is 7.56. The normalized spacial score (nSPS) is 11.0. The third-order valence-corrected chi connectivity index (χ3v) is 3.30. The molecule has 0 bridgehead atoms. The Bertz CT molecular complexity index is 788. The zero-order valence-electron chi connectivity index (χ0n) is 13.3. The number of carboxylic acid groups (broad SMARTS) is 1. The van der Waals surface area contributed by atoms with Crippen LogP contribution < -0.4 is 0 Å². The molecule has 0 saturated carbocycles. The summed E-state index contributed by atoms with van der Waals surface area (Å²) >= 11 is 0. The van der Waals surface area contributed by atoms with Crippen molar-refractivity contribution >= 4 is 24.1 Å². The van der Waals surface area contributed by atoms with Crippen LogP contribution in [0.3, 0.4) is 0 Å². The molecule has 0 atom stereocenters. The van der Waals surface area contributed by atoms with Crippen LogP contribution in [0.15, 0.2) is 60.7 Å². The lowest BCUT2D eigenvalue weighted by Crippen LogP contribution is -1.98. The minimum absolute atomic E-state index is 0.327. The highest BCUT2D eigenvalue weighted by atomic mass is 16.5. The van der Waals surface area contributed by atoms with Gasteiger partial charge in [-0.3, -0.25) is 0 Å². The molecule has 1 N–H and O–H groups in total. The number of esters is 1. The molecule has 0 aliphatic rings. The zero-order chi connectivity index (χ0) is 17.4. The second kappa shape index (κ2) is 8.48. The largest absolute Gasteiger partial charge is 0.478 e. The van der Waals surface area contributed by atoms with Crippen LogP contribution in [-0.4, -0.2) is 23.7 Å². The Morgan fingerprint density at radius 3 is 1.92 bits per heavy atom. The van der Waals surface area contributed by atoms with Gasteiger partial charge in [-0.05, 0) is 41.3 Å². The molecule has 0 fully saturated rings. The van der Waals surface area contributed by atoms with Gasteiger partial charge in [-0.25, -0.2) is 9.59 Å². The van der Waals surface area contributed by atoms with Crippen LogP contribution in [0.1, 0.15) is 18.1 Å². The monoisotopic (exact) mass is 322 g/mol. The Labute approximate surface area is 140 Å². The molecule has 0 aliphatic carbocycles. The number of aliphatic carboxylic acids is 1. The Morgan fingerprint density at radius 2 is 1.42 bits per heavy atom. The molecule has 0 spiro atoms. The zero-order valence-corrected chi connectivity index (χ0v) is 13.3. The molecule has 4 heteroatoms. The molecule has 0 saturated heterocycles. The van der Waals surface area contributed by atoms with Gasteiger partial charge in [-0.1, -0.05) is 48.5 Å². The third kappa shape index (κ3) is 4.68. The number of carbonyl (C=O) groups excluding carboxylic acids is 1. The van der Waals surface area contributed by atoms with Crippen LogP contribution in [-0.2, 0) is 14.3 Å². The summed E-state index contributed by atoms with van der Waals surface area (Å²) in [5.74, 6) is -1.40. The lowest BCUT2D eigenvalue weighted by molar-refractivity contribution is -0.137. The average molecular weight is 322 g/mol. The number of carbonyl (C=O) groups is 2. The van der Waals surface area contributed by atoms with Crippen molar-refractivity contribution in [2.24, 2.45) is 0 Å². The van der Waals surface area contributed by atoms with Crippen LogP contribution in [0.25, 0.3) is 23.3 Å². The molecule has 122 valence electrons. The average Bonchev–Trinajstić information content (AvgIpc) is 2.59. The van der Waals surface area contributed by atoms with Gasteiger partial charge in [0.05, 0.1) is 6.61 Å². The van der Waals surface area contributed by atoms with Gasteiger partial charge in [0.2, 0.25) is 0 Å². The van der Waals surface area contributed by atoms with Crippen molar-refractivity contribution in [1.82, 2.24) is 0 Å². The van der Waals surface area contributed by atoms with E-state index < -0.39 is 11.9 Å². The van der Waals surface area contributed by atoms with E-state index in [1.807, 2.05) is 48.5 Å². The second-order valence-electron chi connectivity index (χ2n) is 4.93. The third-order valence-electron chi connectivity index (χ3n) is 3.30. The molecular formula is C20H18O4. The first-order chi connectivity index (χ1) is 11.6. The quantitative estimate of drug-likeness (QED) is 0.644. The maximum Gasteiger partial charge on any atom is 0.330 e. The fourth-order valence-electron chi connectivity index (χ4n) is 2.28. The number of benzene rings is 2. The summed E-state index contributed by atoms with van der Waals surface area (Å²) in [5, 5.41) is 8.84. The summed E-state index contributed by atoms with van der Waals surface area (Å²) in [4.78, 5) is 22.3. The van der Waals surface area contributed by atoms with Gasteiger partial charge in [0.15, 0.2) is 0 Å². The number of rotatable bonds is 6. The highest BCUT2D eigenvalue weighted by molar-refractivity contribution is 5.91. The summed E-state index contributed by atoms with van der Waals surface area (Å²) in [6.07, 6.45) is 5.75.